The average Bonchev–Trinajstić information content (AvgIpc) is 2.84. The molecule has 0 saturated heterocycles. The van der Waals surface area contributed by atoms with E-state index in [9.17, 15) is 14.7 Å². The monoisotopic (exact) mass is 302 g/mol. The Morgan fingerprint density at radius 2 is 1.91 bits per heavy atom. The van der Waals surface area contributed by atoms with Gasteiger partial charge >= 0.3 is 0 Å². The standard InChI is InChI=1S/C19H26O3/c1-17-6-3-4-14(17)16-15(21)11-12-10-13(20)5-7-18(12,2)19(16,22)9-8-17/h10,14,16,22H,3-9,11H2,1-2H3/t14-,16+,17-,18-,19-/m0/s1. The molecule has 0 unspecified atom stereocenters. The van der Waals surface area contributed by atoms with Crippen LogP contribution in [-0.4, -0.2) is 22.3 Å². The van der Waals surface area contributed by atoms with Crippen LogP contribution in [0.2, 0.25) is 0 Å². The molecule has 1 N–H and O–H groups in total. The highest BCUT2D eigenvalue weighted by Crippen LogP contribution is 2.65. The molecule has 0 radical (unpaired) electrons. The smallest absolute Gasteiger partial charge is 0.155 e. The number of rotatable bonds is 0. The van der Waals surface area contributed by atoms with Crippen LogP contribution in [0.1, 0.15) is 65.2 Å². The van der Waals surface area contributed by atoms with Gasteiger partial charge in [0, 0.05) is 18.3 Å². The second-order valence-corrected chi connectivity index (χ2v) is 8.67. The summed E-state index contributed by atoms with van der Waals surface area (Å²) in [5, 5.41) is 11.7. The van der Waals surface area contributed by atoms with Crippen LogP contribution in [0.3, 0.4) is 0 Å². The second kappa shape index (κ2) is 4.31. The fraction of sp³-hybridized carbons (Fsp3) is 0.789. The molecule has 3 fully saturated rings. The fourth-order valence-electron chi connectivity index (χ4n) is 6.21. The van der Waals surface area contributed by atoms with E-state index < -0.39 is 5.60 Å². The molecule has 4 aliphatic rings. The first-order chi connectivity index (χ1) is 10.3. The topological polar surface area (TPSA) is 54.4 Å². The van der Waals surface area contributed by atoms with Crippen LogP contribution in [0.4, 0.5) is 0 Å². The maximum atomic E-state index is 12.9. The Balaban J connectivity index is 1.83. The van der Waals surface area contributed by atoms with Crippen molar-refractivity contribution in [1.29, 1.82) is 0 Å². The Morgan fingerprint density at radius 3 is 2.68 bits per heavy atom. The lowest BCUT2D eigenvalue weighted by atomic mass is 9.45. The summed E-state index contributed by atoms with van der Waals surface area (Å²) in [7, 11) is 0. The lowest BCUT2D eigenvalue weighted by Crippen LogP contribution is -2.65. The molecule has 3 heteroatoms. The minimum absolute atomic E-state index is 0.115. The molecule has 4 aliphatic carbocycles. The van der Waals surface area contributed by atoms with Crippen molar-refractivity contribution >= 4 is 11.6 Å². The van der Waals surface area contributed by atoms with Gasteiger partial charge in [0.05, 0.1) is 11.5 Å². The quantitative estimate of drug-likeness (QED) is 0.747. The van der Waals surface area contributed by atoms with Crippen LogP contribution < -0.4 is 0 Å². The number of carbonyl (C=O) groups excluding carboxylic acids is 2. The van der Waals surface area contributed by atoms with E-state index in [1.165, 1.54) is 12.8 Å². The summed E-state index contributed by atoms with van der Waals surface area (Å²) in [5.41, 5.74) is -0.199. The van der Waals surface area contributed by atoms with Gasteiger partial charge in [0.25, 0.3) is 0 Å². The van der Waals surface area contributed by atoms with Gasteiger partial charge in [0.2, 0.25) is 0 Å². The lowest BCUT2D eigenvalue weighted by Gasteiger charge is -2.61. The first-order valence-corrected chi connectivity index (χ1v) is 8.79. The van der Waals surface area contributed by atoms with E-state index in [4.69, 9.17) is 0 Å². The predicted molar refractivity (Wildman–Crippen MR) is 83.2 cm³/mol. The Labute approximate surface area is 132 Å². The van der Waals surface area contributed by atoms with Crippen molar-refractivity contribution in [2.45, 2.75) is 70.8 Å². The van der Waals surface area contributed by atoms with Gasteiger partial charge in [-0.25, -0.2) is 0 Å². The van der Waals surface area contributed by atoms with E-state index in [0.717, 1.165) is 18.4 Å². The van der Waals surface area contributed by atoms with Crippen molar-refractivity contribution in [3.8, 4) is 0 Å². The minimum atomic E-state index is -0.941. The number of fused-ring (bicyclic) bond motifs is 5. The zero-order chi connectivity index (χ0) is 15.8. The number of ketones is 2. The van der Waals surface area contributed by atoms with Gasteiger partial charge < -0.3 is 5.11 Å². The third-order valence-corrected chi connectivity index (χ3v) is 7.73. The Kier molecular flexibility index (Phi) is 2.87. The third-order valence-electron chi connectivity index (χ3n) is 7.73. The van der Waals surface area contributed by atoms with Crippen molar-refractivity contribution in [3.05, 3.63) is 11.6 Å². The van der Waals surface area contributed by atoms with E-state index in [1.54, 1.807) is 6.08 Å². The lowest BCUT2D eigenvalue weighted by molar-refractivity contribution is -0.190. The third kappa shape index (κ3) is 1.61. The molecule has 120 valence electrons. The van der Waals surface area contributed by atoms with Gasteiger partial charge in [-0.2, -0.15) is 0 Å². The Morgan fingerprint density at radius 1 is 1.14 bits per heavy atom. The summed E-state index contributed by atoms with van der Waals surface area (Å²) in [4.78, 5) is 24.7. The molecule has 0 spiro atoms. The van der Waals surface area contributed by atoms with E-state index in [1.807, 2.05) is 0 Å². The minimum Gasteiger partial charge on any atom is -0.388 e. The first-order valence-electron chi connectivity index (χ1n) is 8.79. The molecule has 0 aromatic rings. The van der Waals surface area contributed by atoms with E-state index in [-0.39, 0.29) is 28.3 Å². The van der Waals surface area contributed by atoms with Gasteiger partial charge in [0.1, 0.15) is 5.78 Å². The van der Waals surface area contributed by atoms with Crippen molar-refractivity contribution in [2.24, 2.45) is 22.7 Å². The molecule has 22 heavy (non-hydrogen) atoms. The molecule has 4 rings (SSSR count). The number of carbonyl (C=O) groups is 2. The number of hydrogen-bond acceptors (Lipinski definition) is 3. The largest absolute Gasteiger partial charge is 0.388 e. The second-order valence-electron chi connectivity index (χ2n) is 8.67. The van der Waals surface area contributed by atoms with E-state index in [2.05, 4.69) is 13.8 Å². The van der Waals surface area contributed by atoms with Gasteiger partial charge in [-0.3, -0.25) is 9.59 Å². The van der Waals surface area contributed by atoms with Gasteiger partial charge in [-0.1, -0.05) is 25.8 Å². The number of hydrogen-bond donors (Lipinski definition) is 1. The molecule has 0 heterocycles. The summed E-state index contributed by atoms with van der Waals surface area (Å²) >= 11 is 0. The van der Waals surface area contributed by atoms with Crippen LogP contribution in [-0.2, 0) is 9.59 Å². The van der Waals surface area contributed by atoms with Gasteiger partial charge in [-0.15, -0.1) is 0 Å². The molecular weight excluding hydrogens is 276 g/mol. The van der Waals surface area contributed by atoms with Crippen molar-refractivity contribution < 1.29 is 14.7 Å². The number of Topliss-reactive ketones (excluding diaryl/α,β-unsaturated/α-hetero) is 1. The highest BCUT2D eigenvalue weighted by molar-refractivity contribution is 5.95. The molecule has 0 amide bonds. The first kappa shape index (κ1) is 14.6. The highest BCUT2D eigenvalue weighted by atomic mass is 16.3. The SMILES string of the molecule is C[C@@]12CCC[C@H]1[C@@H]1C(=O)CC3=CC(=O)CC[C@]3(C)[C@]1(O)CC2. The maximum Gasteiger partial charge on any atom is 0.155 e. The van der Waals surface area contributed by atoms with Crippen LogP contribution in [0.25, 0.3) is 0 Å². The summed E-state index contributed by atoms with van der Waals surface area (Å²) in [6, 6.07) is 0. The molecule has 3 nitrogen and oxygen atoms in total. The van der Waals surface area contributed by atoms with E-state index >= 15 is 0 Å². The van der Waals surface area contributed by atoms with Crippen molar-refractivity contribution in [1.82, 2.24) is 0 Å². The molecular formula is C19H26O3. The molecule has 0 bridgehead atoms. The van der Waals surface area contributed by atoms with Crippen LogP contribution in [0, 0.1) is 22.7 Å². The summed E-state index contributed by atoms with van der Waals surface area (Å²) in [6.07, 6.45) is 8.40. The zero-order valence-corrected chi connectivity index (χ0v) is 13.7. The Hall–Kier alpha value is -0.960. The average molecular weight is 302 g/mol. The summed E-state index contributed by atoms with van der Waals surface area (Å²) in [6.45, 7) is 4.41. The molecule has 0 aromatic heterocycles. The summed E-state index contributed by atoms with van der Waals surface area (Å²) < 4.78 is 0. The fourth-order valence-corrected chi connectivity index (χ4v) is 6.21. The molecule has 0 aliphatic heterocycles. The molecule has 5 atom stereocenters. The molecule has 0 aromatic carbocycles. The van der Waals surface area contributed by atoms with Crippen LogP contribution in [0.5, 0.6) is 0 Å². The van der Waals surface area contributed by atoms with E-state index in [0.29, 0.717) is 31.6 Å². The van der Waals surface area contributed by atoms with Gasteiger partial charge in [0.15, 0.2) is 5.78 Å². The van der Waals surface area contributed by atoms with Crippen molar-refractivity contribution in [2.75, 3.05) is 0 Å². The van der Waals surface area contributed by atoms with Crippen LogP contribution in [0.15, 0.2) is 11.6 Å². The van der Waals surface area contributed by atoms with Crippen molar-refractivity contribution in [3.63, 3.8) is 0 Å². The normalized spacial score (nSPS) is 51.0. The predicted octanol–water partition coefficient (Wildman–Crippen LogP) is 3.20. The Bertz CT molecular complexity index is 591. The van der Waals surface area contributed by atoms with Gasteiger partial charge in [-0.05, 0) is 49.5 Å². The number of aliphatic hydroxyl groups is 1. The summed E-state index contributed by atoms with van der Waals surface area (Å²) in [5.74, 6) is 0.404. The highest BCUT2D eigenvalue weighted by Gasteiger charge is 2.66. The maximum absolute atomic E-state index is 12.9. The molecule has 3 saturated carbocycles. The van der Waals surface area contributed by atoms with Crippen LogP contribution >= 0.6 is 0 Å². The zero-order valence-electron chi connectivity index (χ0n) is 13.7.